The summed E-state index contributed by atoms with van der Waals surface area (Å²) in [5.74, 6) is 1.70. The van der Waals surface area contributed by atoms with Crippen molar-refractivity contribution in [1.29, 1.82) is 0 Å². The van der Waals surface area contributed by atoms with Gasteiger partial charge in [0, 0.05) is 11.5 Å². The van der Waals surface area contributed by atoms with Gasteiger partial charge in [0.15, 0.2) is 0 Å². The van der Waals surface area contributed by atoms with E-state index in [0.717, 1.165) is 11.5 Å². The molecule has 0 amide bonds. The molecule has 46 valence electrons. The number of aliphatic hydroxyl groups excluding tert-OH is 1. The van der Waals surface area contributed by atoms with E-state index in [4.69, 9.17) is 5.11 Å². The zero-order valence-corrected chi connectivity index (χ0v) is 6.04. The van der Waals surface area contributed by atoms with E-state index in [1.165, 1.54) is 0 Å². The molecule has 3 heteroatoms. The molecule has 1 aliphatic rings. The van der Waals surface area contributed by atoms with Gasteiger partial charge in [-0.25, -0.2) is 0 Å². The van der Waals surface area contributed by atoms with E-state index in [1.807, 2.05) is 10.8 Å². The molecule has 0 radical (unpaired) electrons. The van der Waals surface area contributed by atoms with Gasteiger partial charge in [0.1, 0.15) is 0 Å². The third kappa shape index (κ3) is 2.11. The summed E-state index contributed by atoms with van der Waals surface area (Å²) in [4.78, 5) is 0. The molecule has 0 fully saturated rings. The van der Waals surface area contributed by atoms with E-state index in [9.17, 15) is 0 Å². The minimum Gasteiger partial charge on any atom is -0.391 e. The summed E-state index contributed by atoms with van der Waals surface area (Å²) in [5.41, 5.74) is 0. The summed E-state index contributed by atoms with van der Waals surface area (Å²) in [6.45, 7) is 0. The fraction of sp³-hybridized carbons (Fsp3) is 0.600. The zero-order valence-electron chi connectivity index (χ0n) is 4.41. The van der Waals surface area contributed by atoms with Crippen molar-refractivity contribution in [2.45, 2.75) is 6.10 Å². The molecule has 0 aliphatic carbocycles. The Morgan fingerprint density at radius 2 is 1.75 bits per heavy atom. The van der Waals surface area contributed by atoms with Gasteiger partial charge in [-0.05, 0) is 10.8 Å². The van der Waals surface area contributed by atoms with Crippen LogP contribution >= 0.6 is 23.5 Å². The van der Waals surface area contributed by atoms with Gasteiger partial charge >= 0.3 is 0 Å². The predicted octanol–water partition coefficient (Wildman–Crippen LogP) is 1.30. The molecule has 0 aromatic heterocycles. The van der Waals surface area contributed by atoms with Crippen molar-refractivity contribution in [3.63, 3.8) is 0 Å². The molecule has 0 spiro atoms. The molecule has 0 saturated carbocycles. The highest BCUT2D eigenvalue weighted by Gasteiger charge is 2.03. The van der Waals surface area contributed by atoms with Crippen LogP contribution in [0.2, 0.25) is 0 Å². The summed E-state index contributed by atoms with van der Waals surface area (Å²) in [6, 6.07) is 0. The van der Waals surface area contributed by atoms with Gasteiger partial charge in [-0.15, -0.1) is 23.5 Å². The molecule has 1 N–H and O–H groups in total. The Balaban J connectivity index is 2.28. The average molecular weight is 148 g/mol. The second-order valence-corrected chi connectivity index (χ2v) is 3.47. The van der Waals surface area contributed by atoms with Gasteiger partial charge in [-0.3, -0.25) is 0 Å². The number of aliphatic hydroxyl groups is 1. The van der Waals surface area contributed by atoms with Crippen LogP contribution in [-0.2, 0) is 0 Å². The lowest BCUT2D eigenvalue weighted by molar-refractivity contribution is 0.225. The van der Waals surface area contributed by atoms with Crippen molar-refractivity contribution in [3.8, 4) is 0 Å². The first-order chi connectivity index (χ1) is 3.89. The summed E-state index contributed by atoms with van der Waals surface area (Å²) >= 11 is 3.34. The lowest BCUT2D eigenvalue weighted by Gasteiger charge is -2.01. The molecule has 1 rings (SSSR count). The first kappa shape index (κ1) is 6.52. The average Bonchev–Trinajstić information content (AvgIpc) is 1.94. The Hall–Kier alpha value is 0.400. The topological polar surface area (TPSA) is 20.2 Å². The van der Waals surface area contributed by atoms with Gasteiger partial charge < -0.3 is 5.11 Å². The normalized spacial score (nSPS) is 23.1. The van der Waals surface area contributed by atoms with Crippen LogP contribution in [0, 0.1) is 0 Å². The Morgan fingerprint density at radius 3 is 2.25 bits per heavy atom. The van der Waals surface area contributed by atoms with Crippen LogP contribution in [0.25, 0.3) is 0 Å². The van der Waals surface area contributed by atoms with Crippen LogP contribution in [0.5, 0.6) is 0 Å². The summed E-state index contributed by atoms with van der Waals surface area (Å²) < 4.78 is 0. The second-order valence-electron chi connectivity index (χ2n) is 1.59. The SMILES string of the molecule is OC1CSC=CSC1. The van der Waals surface area contributed by atoms with Gasteiger partial charge in [0.05, 0.1) is 6.10 Å². The van der Waals surface area contributed by atoms with Gasteiger partial charge in [-0.1, -0.05) is 0 Å². The fourth-order valence-electron chi connectivity index (χ4n) is 0.460. The third-order valence-corrected chi connectivity index (χ3v) is 2.81. The minimum atomic E-state index is -0.111. The number of hydrogen-bond donors (Lipinski definition) is 1. The number of rotatable bonds is 0. The maximum atomic E-state index is 9.01. The van der Waals surface area contributed by atoms with Crippen molar-refractivity contribution in [2.24, 2.45) is 0 Å². The molecule has 1 nitrogen and oxygen atoms in total. The zero-order chi connectivity index (χ0) is 5.82. The Kier molecular flexibility index (Phi) is 2.80. The van der Waals surface area contributed by atoms with Crippen molar-refractivity contribution in [3.05, 3.63) is 10.8 Å². The first-order valence-electron chi connectivity index (χ1n) is 2.46. The van der Waals surface area contributed by atoms with E-state index in [-0.39, 0.29) is 6.10 Å². The molecule has 0 saturated heterocycles. The van der Waals surface area contributed by atoms with Crippen molar-refractivity contribution < 1.29 is 5.11 Å². The highest BCUT2D eigenvalue weighted by atomic mass is 32.2. The standard InChI is InChI=1S/C5H8OS2/c6-5-3-7-1-2-8-4-5/h1-2,5-6H,3-4H2. The largest absolute Gasteiger partial charge is 0.391 e. The molecule has 0 atom stereocenters. The Bertz CT molecular complexity index is 82.4. The predicted molar refractivity (Wildman–Crippen MR) is 40.1 cm³/mol. The lowest BCUT2D eigenvalue weighted by atomic mass is 10.5. The van der Waals surface area contributed by atoms with Crippen LogP contribution in [0.15, 0.2) is 10.8 Å². The van der Waals surface area contributed by atoms with Crippen LogP contribution in [-0.4, -0.2) is 22.7 Å². The highest BCUT2D eigenvalue weighted by molar-refractivity contribution is 8.06. The summed E-state index contributed by atoms with van der Waals surface area (Å²) in [5, 5.41) is 13.1. The van der Waals surface area contributed by atoms with Gasteiger partial charge in [0.2, 0.25) is 0 Å². The molecule has 0 aromatic carbocycles. The van der Waals surface area contributed by atoms with E-state index >= 15 is 0 Å². The first-order valence-corrected chi connectivity index (χ1v) is 4.55. The van der Waals surface area contributed by atoms with Crippen LogP contribution in [0.4, 0.5) is 0 Å². The highest BCUT2D eigenvalue weighted by Crippen LogP contribution is 2.17. The monoisotopic (exact) mass is 148 g/mol. The molecule has 0 unspecified atom stereocenters. The Labute approximate surface area is 57.5 Å². The second kappa shape index (κ2) is 3.43. The van der Waals surface area contributed by atoms with Crippen LogP contribution in [0.1, 0.15) is 0 Å². The van der Waals surface area contributed by atoms with Crippen molar-refractivity contribution in [1.82, 2.24) is 0 Å². The molecule has 0 bridgehead atoms. The smallest absolute Gasteiger partial charge is 0.0727 e. The van der Waals surface area contributed by atoms with Crippen molar-refractivity contribution in [2.75, 3.05) is 11.5 Å². The van der Waals surface area contributed by atoms with Gasteiger partial charge in [-0.2, -0.15) is 0 Å². The minimum absolute atomic E-state index is 0.111. The quantitative estimate of drug-likeness (QED) is 0.559. The molecular weight excluding hydrogens is 140 g/mol. The maximum Gasteiger partial charge on any atom is 0.0727 e. The van der Waals surface area contributed by atoms with E-state index in [2.05, 4.69) is 0 Å². The summed E-state index contributed by atoms with van der Waals surface area (Å²) in [6.07, 6.45) is -0.111. The van der Waals surface area contributed by atoms with E-state index < -0.39 is 0 Å². The van der Waals surface area contributed by atoms with Crippen LogP contribution in [0.3, 0.4) is 0 Å². The molecule has 1 aliphatic heterocycles. The number of thioether (sulfide) groups is 2. The van der Waals surface area contributed by atoms with E-state index in [1.54, 1.807) is 23.5 Å². The molecular formula is C5H8OS2. The van der Waals surface area contributed by atoms with Crippen molar-refractivity contribution >= 4 is 23.5 Å². The fourth-order valence-corrected chi connectivity index (χ4v) is 2.14. The molecule has 8 heavy (non-hydrogen) atoms. The van der Waals surface area contributed by atoms with Crippen LogP contribution < -0.4 is 0 Å². The molecule has 1 heterocycles. The van der Waals surface area contributed by atoms with E-state index in [0.29, 0.717) is 0 Å². The maximum absolute atomic E-state index is 9.01. The Morgan fingerprint density at radius 1 is 1.25 bits per heavy atom. The lowest BCUT2D eigenvalue weighted by Crippen LogP contribution is -2.10. The molecule has 0 aromatic rings. The third-order valence-electron chi connectivity index (χ3n) is 0.825. The van der Waals surface area contributed by atoms with Gasteiger partial charge in [0.25, 0.3) is 0 Å². The number of hydrogen-bond acceptors (Lipinski definition) is 3. The summed E-state index contributed by atoms with van der Waals surface area (Å²) in [7, 11) is 0.